The van der Waals surface area contributed by atoms with E-state index in [0.29, 0.717) is 12.0 Å². The molecule has 0 radical (unpaired) electrons. The molecule has 64 valence electrons. The normalized spacial score (nSPS) is 10.5. The molecule has 0 spiro atoms. The van der Waals surface area contributed by atoms with Crippen LogP contribution < -0.4 is 5.56 Å². The minimum absolute atomic E-state index is 0.0822. The third kappa shape index (κ3) is 1.35. The molecule has 2 aromatic rings. The summed E-state index contributed by atoms with van der Waals surface area (Å²) >= 11 is 0. The van der Waals surface area contributed by atoms with Crippen molar-refractivity contribution >= 4 is 18.9 Å². The SMILES string of the molecule is BCc1nc2ccccc2[nH]c1=O. The molecular formula is C9H9BN2O. The first kappa shape index (κ1) is 8.04. The highest BCUT2D eigenvalue weighted by atomic mass is 16.1. The van der Waals surface area contributed by atoms with Crippen LogP contribution in [0.5, 0.6) is 0 Å². The number of aromatic amines is 1. The molecule has 0 amide bonds. The van der Waals surface area contributed by atoms with Gasteiger partial charge in [-0.15, -0.1) is 0 Å². The Kier molecular flexibility index (Phi) is 1.89. The van der Waals surface area contributed by atoms with Crippen molar-refractivity contribution in [3.8, 4) is 0 Å². The summed E-state index contributed by atoms with van der Waals surface area (Å²) in [5, 5.41) is 0. The fourth-order valence-electron chi connectivity index (χ4n) is 1.31. The Hall–Kier alpha value is -1.58. The van der Waals surface area contributed by atoms with E-state index in [-0.39, 0.29) is 5.56 Å². The van der Waals surface area contributed by atoms with Crippen molar-refractivity contribution in [1.82, 2.24) is 9.97 Å². The van der Waals surface area contributed by atoms with E-state index >= 15 is 0 Å². The van der Waals surface area contributed by atoms with Crippen LogP contribution in [0.25, 0.3) is 11.0 Å². The average Bonchev–Trinajstić information content (AvgIpc) is 2.17. The number of benzene rings is 1. The quantitative estimate of drug-likeness (QED) is 0.618. The third-order valence-corrected chi connectivity index (χ3v) is 2.00. The molecule has 0 bridgehead atoms. The van der Waals surface area contributed by atoms with Crippen molar-refractivity contribution in [2.45, 2.75) is 6.32 Å². The number of nitrogens with one attached hydrogen (secondary N) is 1. The van der Waals surface area contributed by atoms with Gasteiger partial charge in [0.05, 0.1) is 16.7 Å². The lowest BCUT2D eigenvalue weighted by Gasteiger charge is -1.98. The summed E-state index contributed by atoms with van der Waals surface area (Å²) in [4.78, 5) is 18.4. The molecule has 1 heterocycles. The van der Waals surface area contributed by atoms with Crippen LogP contribution in [0.4, 0.5) is 0 Å². The van der Waals surface area contributed by atoms with Crippen LogP contribution in [0.15, 0.2) is 29.1 Å². The second-order valence-electron chi connectivity index (χ2n) is 2.88. The number of hydrogen-bond donors (Lipinski definition) is 1. The smallest absolute Gasteiger partial charge is 0.269 e. The van der Waals surface area contributed by atoms with E-state index in [1.54, 1.807) is 0 Å². The fraction of sp³-hybridized carbons (Fsp3) is 0.111. The van der Waals surface area contributed by atoms with Gasteiger partial charge in [0.2, 0.25) is 0 Å². The Morgan fingerprint density at radius 3 is 2.92 bits per heavy atom. The zero-order valence-electron chi connectivity index (χ0n) is 7.37. The number of hydrogen-bond acceptors (Lipinski definition) is 2. The monoisotopic (exact) mass is 172 g/mol. The molecule has 0 atom stereocenters. The molecule has 0 saturated carbocycles. The van der Waals surface area contributed by atoms with Crippen LogP contribution in [-0.4, -0.2) is 17.8 Å². The van der Waals surface area contributed by atoms with Crippen molar-refractivity contribution in [1.29, 1.82) is 0 Å². The van der Waals surface area contributed by atoms with Gasteiger partial charge >= 0.3 is 0 Å². The van der Waals surface area contributed by atoms with Gasteiger partial charge in [0.15, 0.2) is 0 Å². The molecule has 0 aliphatic heterocycles. The molecule has 2 rings (SSSR count). The van der Waals surface area contributed by atoms with Gasteiger partial charge in [0, 0.05) is 0 Å². The maximum absolute atomic E-state index is 11.3. The van der Waals surface area contributed by atoms with Gasteiger partial charge in [-0.2, -0.15) is 0 Å². The lowest BCUT2D eigenvalue weighted by molar-refractivity contribution is 1.10. The molecule has 0 unspecified atom stereocenters. The molecule has 1 aromatic carbocycles. The summed E-state index contributed by atoms with van der Waals surface area (Å²) in [7, 11) is 1.92. The summed E-state index contributed by atoms with van der Waals surface area (Å²) < 4.78 is 0. The topological polar surface area (TPSA) is 45.8 Å². The average molecular weight is 172 g/mol. The highest BCUT2D eigenvalue weighted by molar-refractivity contribution is 6.08. The van der Waals surface area contributed by atoms with E-state index in [4.69, 9.17) is 0 Å². The van der Waals surface area contributed by atoms with E-state index in [1.807, 2.05) is 32.1 Å². The molecule has 3 nitrogen and oxygen atoms in total. The molecule has 13 heavy (non-hydrogen) atoms. The van der Waals surface area contributed by atoms with Crippen molar-refractivity contribution in [2.24, 2.45) is 0 Å². The molecule has 0 saturated heterocycles. The fourth-order valence-corrected chi connectivity index (χ4v) is 1.31. The van der Waals surface area contributed by atoms with Crippen LogP contribution in [0.2, 0.25) is 0 Å². The van der Waals surface area contributed by atoms with Gasteiger partial charge in [0.1, 0.15) is 7.85 Å². The minimum Gasteiger partial charge on any atom is -0.319 e. The summed E-state index contributed by atoms with van der Waals surface area (Å²) in [6, 6.07) is 7.53. The number of rotatable bonds is 1. The van der Waals surface area contributed by atoms with E-state index in [0.717, 1.165) is 11.0 Å². The molecule has 0 aliphatic rings. The summed E-state index contributed by atoms with van der Waals surface area (Å²) in [6.45, 7) is 0. The van der Waals surface area contributed by atoms with Gasteiger partial charge < -0.3 is 4.98 Å². The standard InChI is InChI=1S/C9H9BN2O/c10-5-8-9(13)12-7-4-2-1-3-6(7)11-8/h1-4H,5,10H2,(H,12,13). The Balaban J connectivity index is 2.81. The zero-order chi connectivity index (χ0) is 9.26. The first-order valence-corrected chi connectivity index (χ1v) is 4.29. The number of para-hydroxylation sites is 2. The van der Waals surface area contributed by atoms with Crippen LogP contribution in [0.3, 0.4) is 0 Å². The van der Waals surface area contributed by atoms with Gasteiger partial charge in [-0.05, 0) is 18.5 Å². The molecule has 1 N–H and O–H groups in total. The molecule has 0 aliphatic carbocycles. The number of nitrogens with zero attached hydrogens (tertiary/aromatic N) is 1. The molecular weight excluding hydrogens is 163 g/mol. The van der Waals surface area contributed by atoms with Crippen LogP contribution >= 0.6 is 0 Å². The highest BCUT2D eigenvalue weighted by Crippen LogP contribution is 2.05. The summed E-state index contributed by atoms with van der Waals surface area (Å²) in [5.41, 5.74) is 2.16. The van der Waals surface area contributed by atoms with Crippen LogP contribution in [0, 0.1) is 0 Å². The molecule has 4 heteroatoms. The number of H-pyrrole nitrogens is 1. The molecule has 1 aromatic heterocycles. The second kappa shape index (κ2) is 3.05. The Morgan fingerprint density at radius 1 is 1.38 bits per heavy atom. The molecule has 0 fully saturated rings. The number of aromatic nitrogens is 2. The summed E-state index contributed by atoms with van der Waals surface area (Å²) in [6.07, 6.45) is 0.667. The van der Waals surface area contributed by atoms with E-state index in [1.165, 1.54) is 0 Å². The summed E-state index contributed by atoms with van der Waals surface area (Å²) in [5.74, 6) is 0. The highest BCUT2D eigenvalue weighted by Gasteiger charge is 2.00. The Labute approximate surface area is 76.2 Å². The predicted molar refractivity (Wildman–Crippen MR) is 54.6 cm³/mol. The third-order valence-electron chi connectivity index (χ3n) is 2.00. The predicted octanol–water partition coefficient (Wildman–Crippen LogP) is 0.0562. The van der Waals surface area contributed by atoms with Crippen LogP contribution in [0.1, 0.15) is 5.69 Å². The van der Waals surface area contributed by atoms with Gasteiger partial charge in [-0.3, -0.25) is 4.79 Å². The van der Waals surface area contributed by atoms with Crippen molar-refractivity contribution in [2.75, 3.05) is 0 Å². The van der Waals surface area contributed by atoms with Crippen molar-refractivity contribution in [3.05, 3.63) is 40.3 Å². The number of fused-ring (bicyclic) bond motifs is 1. The Bertz CT molecular complexity index is 492. The lowest BCUT2D eigenvalue weighted by atomic mass is 10.0. The zero-order valence-corrected chi connectivity index (χ0v) is 7.37. The first-order chi connectivity index (χ1) is 6.31. The van der Waals surface area contributed by atoms with Gasteiger partial charge in [-0.25, -0.2) is 4.98 Å². The van der Waals surface area contributed by atoms with E-state index < -0.39 is 0 Å². The van der Waals surface area contributed by atoms with E-state index in [9.17, 15) is 4.79 Å². The minimum atomic E-state index is -0.0822. The lowest BCUT2D eigenvalue weighted by Crippen LogP contribution is -2.14. The van der Waals surface area contributed by atoms with Crippen molar-refractivity contribution in [3.63, 3.8) is 0 Å². The van der Waals surface area contributed by atoms with Gasteiger partial charge in [-0.1, -0.05) is 12.1 Å². The largest absolute Gasteiger partial charge is 0.319 e. The van der Waals surface area contributed by atoms with Gasteiger partial charge in [0.25, 0.3) is 5.56 Å². The maximum atomic E-state index is 11.3. The van der Waals surface area contributed by atoms with Crippen molar-refractivity contribution < 1.29 is 0 Å². The first-order valence-electron chi connectivity index (χ1n) is 4.29. The van der Waals surface area contributed by atoms with Crippen LogP contribution in [-0.2, 0) is 6.32 Å². The second-order valence-corrected chi connectivity index (χ2v) is 2.88. The maximum Gasteiger partial charge on any atom is 0.269 e. The Morgan fingerprint density at radius 2 is 2.15 bits per heavy atom. The van der Waals surface area contributed by atoms with E-state index in [2.05, 4.69) is 9.97 Å².